The van der Waals surface area contributed by atoms with Gasteiger partial charge in [-0.1, -0.05) is 51.5 Å². The van der Waals surface area contributed by atoms with Crippen LogP contribution in [-0.2, 0) is 6.42 Å². The van der Waals surface area contributed by atoms with Gasteiger partial charge in [-0.2, -0.15) is 0 Å². The Morgan fingerprint density at radius 1 is 1.12 bits per heavy atom. The lowest BCUT2D eigenvalue weighted by atomic mass is 9.88. The van der Waals surface area contributed by atoms with Crippen LogP contribution < -0.4 is 5.73 Å². The van der Waals surface area contributed by atoms with Crippen LogP contribution in [0.3, 0.4) is 0 Å². The first-order valence-corrected chi connectivity index (χ1v) is 6.48. The average Bonchev–Trinajstić information content (AvgIpc) is 2.28. The van der Waals surface area contributed by atoms with E-state index < -0.39 is 0 Å². The molecule has 1 atom stereocenters. The largest absolute Gasteiger partial charge is 0.330 e. The predicted octanol–water partition coefficient (Wildman–Crippen LogP) is 3.73. The maximum absolute atomic E-state index is 5.82. The summed E-state index contributed by atoms with van der Waals surface area (Å²) in [5.41, 5.74) is 8.66. The molecule has 0 aromatic heterocycles. The van der Waals surface area contributed by atoms with Crippen molar-refractivity contribution in [1.82, 2.24) is 0 Å². The molecule has 1 heteroatoms. The first-order chi connectivity index (χ1) is 7.69. The van der Waals surface area contributed by atoms with E-state index in [9.17, 15) is 0 Å². The van der Waals surface area contributed by atoms with Crippen LogP contribution in [-0.4, -0.2) is 6.54 Å². The lowest BCUT2D eigenvalue weighted by Crippen LogP contribution is -2.17. The fourth-order valence-corrected chi connectivity index (χ4v) is 2.11. The molecular weight excluding hydrogens is 194 g/mol. The molecule has 0 aliphatic rings. The summed E-state index contributed by atoms with van der Waals surface area (Å²) in [4.78, 5) is 0. The maximum Gasteiger partial charge on any atom is -0.000577 e. The van der Waals surface area contributed by atoms with Crippen molar-refractivity contribution in [3.63, 3.8) is 0 Å². The van der Waals surface area contributed by atoms with Gasteiger partial charge < -0.3 is 5.73 Å². The van der Waals surface area contributed by atoms with E-state index in [4.69, 9.17) is 5.73 Å². The molecule has 1 aromatic rings. The van der Waals surface area contributed by atoms with Crippen molar-refractivity contribution in [1.29, 1.82) is 0 Å². The Balaban J connectivity index is 2.69. The lowest BCUT2D eigenvalue weighted by molar-refractivity contribution is 0.506. The molecule has 16 heavy (non-hydrogen) atoms. The van der Waals surface area contributed by atoms with Gasteiger partial charge in [0.25, 0.3) is 0 Å². The minimum Gasteiger partial charge on any atom is -0.330 e. The van der Waals surface area contributed by atoms with E-state index in [2.05, 4.69) is 45.0 Å². The van der Waals surface area contributed by atoms with E-state index in [0.29, 0.717) is 11.8 Å². The summed E-state index contributed by atoms with van der Waals surface area (Å²) in [7, 11) is 0. The molecule has 1 unspecified atom stereocenters. The van der Waals surface area contributed by atoms with E-state index >= 15 is 0 Å². The molecule has 1 nitrogen and oxygen atoms in total. The van der Waals surface area contributed by atoms with E-state index in [1.54, 1.807) is 0 Å². The van der Waals surface area contributed by atoms with Gasteiger partial charge in [0.15, 0.2) is 0 Å². The summed E-state index contributed by atoms with van der Waals surface area (Å²) in [6, 6.07) is 9.02. The molecule has 2 N–H and O–H groups in total. The third-order valence-corrected chi connectivity index (χ3v) is 3.29. The highest BCUT2D eigenvalue weighted by Gasteiger charge is 2.13. The molecule has 0 saturated heterocycles. The Labute approximate surface area is 100 Å². The van der Waals surface area contributed by atoms with Gasteiger partial charge in [0, 0.05) is 0 Å². The van der Waals surface area contributed by atoms with Crippen molar-refractivity contribution < 1.29 is 0 Å². The van der Waals surface area contributed by atoms with Crippen molar-refractivity contribution in [3.8, 4) is 0 Å². The second-order valence-electron chi connectivity index (χ2n) is 4.93. The average molecular weight is 219 g/mol. The Kier molecular flexibility index (Phi) is 5.54. The molecular formula is C15H25N. The molecule has 0 saturated carbocycles. The monoisotopic (exact) mass is 219 g/mol. The molecule has 90 valence electrons. The van der Waals surface area contributed by atoms with Crippen LogP contribution in [0.5, 0.6) is 0 Å². The first-order valence-electron chi connectivity index (χ1n) is 6.48. The summed E-state index contributed by atoms with van der Waals surface area (Å²) < 4.78 is 0. The van der Waals surface area contributed by atoms with Crippen LogP contribution >= 0.6 is 0 Å². The maximum atomic E-state index is 5.82. The highest BCUT2D eigenvalue weighted by atomic mass is 14.6. The van der Waals surface area contributed by atoms with Crippen LogP contribution in [0.15, 0.2) is 24.3 Å². The molecule has 0 spiro atoms. The zero-order chi connectivity index (χ0) is 12.0. The van der Waals surface area contributed by atoms with Crippen LogP contribution in [0.4, 0.5) is 0 Å². The minimum atomic E-state index is 0.500. The van der Waals surface area contributed by atoms with E-state index in [1.165, 1.54) is 30.4 Å². The normalized spacial score (nSPS) is 13.1. The minimum absolute atomic E-state index is 0.500. The number of rotatable bonds is 6. The Morgan fingerprint density at radius 3 is 2.19 bits per heavy atom. The summed E-state index contributed by atoms with van der Waals surface area (Å²) in [6.45, 7) is 7.45. The van der Waals surface area contributed by atoms with Crippen LogP contribution in [0, 0.1) is 5.92 Å². The van der Waals surface area contributed by atoms with Crippen LogP contribution in [0.1, 0.15) is 50.7 Å². The number of hydrogen-bond donors (Lipinski definition) is 1. The highest BCUT2D eigenvalue weighted by Crippen LogP contribution is 2.23. The number of hydrogen-bond acceptors (Lipinski definition) is 1. The van der Waals surface area contributed by atoms with Crippen molar-refractivity contribution in [2.45, 2.75) is 46.0 Å². The van der Waals surface area contributed by atoms with E-state index in [1.807, 2.05) is 0 Å². The molecule has 1 rings (SSSR count). The van der Waals surface area contributed by atoms with Crippen molar-refractivity contribution in [2.75, 3.05) is 6.54 Å². The zero-order valence-corrected chi connectivity index (χ0v) is 10.9. The van der Waals surface area contributed by atoms with Crippen molar-refractivity contribution in [3.05, 3.63) is 35.4 Å². The molecule has 0 fully saturated rings. The third kappa shape index (κ3) is 3.64. The second kappa shape index (κ2) is 6.70. The van der Waals surface area contributed by atoms with Crippen LogP contribution in [0.2, 0.25) is 0 Å². The topological polar surface area (TPSA) is 26.0 Å². The number of unbranched alkanes of at least 4 members (excludes halogenated alkanes) is 1. The van der Waals surface area contributed by atoms with Gasteiger partial charge in [-0.3, -0.25) is 0 Å². The summed E-state index contributed by atoms with van der Waals surface area (Å²) >= 11 is 0. The van der Waals surface area contributed by atoms with Gasteiger partial charge in [-0.25, -0.2) is 0 Å². The van der Waals surface area contributed by atoms with Gasteiger partial charge in [0.2, 0.25) is 0 Å². The lowest BCUT2D eigenvalue weighted by Gasteiger charge is -2.19. The number of benzene rings is 1. The Bertz CT molecular complexity index is 287. The highest BCUT2D eigenvalue weighted by molar-refractivity contribution is 5.26. The number of aryl methyl sites for hydroxylation is 1. The van der Waals surface area contributed by atoms with Gasteiger partial charge >= 0.3 is 0 Å². The molecule has 0 bridgehead atoms. The van der Waals surface area contributed by atoms with Gasteiger partial charge in [-0.05, 0) is 42.3 Å². The van der Waals surface area contributed by atoms with Gasteiger partial charge in [0.05, 0.1) is 0 Å². The summed E-state index contributed by atoms with van der Waals surface area (Å²) in [6.07, 6.45) is 3.74. The van der Waals surface area contributed by atoms with Crippen molar-refractivity contribution >= 4 is 0 Å². The standard InChI is InChI=1S/C15H25N/c1-4-5-6-13-7-9-14(10-8-13)15(11-16)12(2)3/h7-10,12,15H,4-6,11,16H2,1-3H3. The second-order valence-corrected chi connectivity index (χ2v) is 4.93. The molecule has 1 aromatic carbocycles. The smallest absolute Gasteiger partial charge is 0.000577 e. The quantitative estimate of drug-likeness (QED) is 0.775. The summed E-state index contributed by atoms with van der Waals surface area (Å²) in [5.74, 6) is 1.12. The fourth-order valence-electron chi connectivity index (χ4n) is 2.11. The predicted molar refractivity (Wildman–Crippen MR) is 71.7 cm³/mol. The number of nitrogens with two attached hydrogens (primary N) is 1. The molecule has 0 heterocycles. The van der Waals surface area contributed by atoms with E-state index in [0.717, 1.165) is 6.54 Å². The molecule has 0 radical (unpaired) electrons. The zero-order valence-electron chi connectivity index (χ0n) is 10.9. The molecule has 0 aliphatic heterocycles. The van der Waals surface area contributed by atoms with Crippen molar-refractivity contribution in [2.24, 2.45) is 11.7 Å². The van der Waals surface area contributed by atoms with Crippen LogP contribution in [0.25, 0.3) is 0 Å². The molecule has 0 amide bonds. The SMILES string of the molecule is CCCCc1ccc(C(CN)C(C)C)cc1. The Hall–Kier alpha value is -0.820. The Morgan fingerprint density at radius 2 is 1.75 bits per heavy atom. The van der Waals surface area contributed by atoms with Gasteiger partial charge in [0.1, 0.15) is 0 Å². The van der Waals surface area contributed by atoms with Gasteiger partial charge in [-0.15, -0.1) is 0 Å². The third-order valence-electron chi connectivity index (χ3n) is 3.29. The summed E-state index contributed by atoms with van der Waals surface area (Å²) in [5, 5.41) is 0. The van der Waals surface area contributed by atoms with E-state index in [-0.39, 0.29) is 0 Å². The first kappa shape index (κ1) is 13.2. The molecule has 0 aliphatic carbocycles. The fraction of sp³-hybridized carbons (Fsp3) is 0.600.